The highest BCUT2D eigenvalue weighted by atomic mass is 32.1. The summed E-state index contributed by atoms with van der Waals surface area (Å²) >= 11 is 1.67. The number of aryl methyl sites for hydroxylation is 1. The summed E-state index contributed by atoms with van der Waals surface area (Å²) in [6.45, 7) is 4.58. The third kappa shape index (κ3) is 2.81. The first kappa shape index (κ1) is 16.5. The van der Waals surface area contributed by atoms with E-state index < -0.39 is 0 Å². The first-order chi connectivity index (χ1) is 12.1. The van der Waals surface area contributed by atoms with Gasteiger partial charge in [-0.3, -0.25) is 0 Å². The van der Waals surface area contributed by atoms with Crippen molar-refractivity contribution >= 4 is 22.9 Å². The Hall–Kier alpha value is -1.99. The predicted octanol–water partition coefficient (Wildman–Crippen LogP) is 2.44. The van der Waals surface area contributed by atoms with Gasteiger partial charge in [0, 0.05) is 30.7 Å². The number of halogens is 1. The van der Waals surface area contributed by atoms with Crippen molar-refractivity contribution in [2.24, 2.45) is 10.7 Å². The lowest BCUT2D eigenvalue weighted by Gasteiger charge is -2.48. The van der Waals surface area contributed by atoms with Gasteiger partial charge < -0.3 is 16.0 Å². The zero-order valence-corrected chi connectivity index (χ0v) is 15.1. The molecule has 1 aromatic heterocycles. The predicted molar refractivity (Wildman–Crippen MR) is 99.9 cm³/mol. The summed E-state index contributed by atoms with van der Waals surface area (Å²) in [5.74, 6) is 0.0155. The summed E-state index contributed by atoms with van der Waals surface area (Å²) in [6, 6.07) is 5.17. The van der Waals surface area contributed by atoms with E-state index in [-0.39, 0.29) is 11.5 Å². The number of amidine groups is 1. The number of rotatable bonds is 3. The highest BCUT2D eigenvalue weighted by molar-refractivity contribution is 7.09. The Morgan fingerprint density at radius 3 is 2.88 bits per heavy atom. The molecule has 0 aliphatic carbocycles. The Morgan fingerprint density at radius 1 is 1.36 bits per heavy atom. The molecule has 4 rings (SSSR count). The number of hydrogen-bond donors (Lipinski definition) is 2. The third-order valence-electron chi connectivity index (χ3n) is 5.18. The van der Waals surface area contributed by atoms with Gasteiger partial charge in [0.1, 0.15) is 17.3 Å². The maximum Gasteiger partial charge on any atom is 0.136 e. The number of nitrogens with one attached hydrogen (secondary N) is 1. The first-order valence-corrected chi connectivity index (χ1v) is 9.50. The molecule has 0 radical (unpaired) electrons. The molecule has 2 aliphatic heterocycles. The Balaban J connectivity index is 1.74. The van der Waals surface area contributed by atoms with Crippen LogP contribution in [0.3, 0.4) is 0 Å². The van der Waals surface area contributed by atoms with Gasteiger partial charge in [-0.1, -0.05) is 6.07 Å². The molecule has 0 saturated carbocycles. The van der Waals surface area contributed by atoms with Crippen molar-refractivity contribution < 1.29 is 4.39 Å². The zero-order chi connectivity index (χ0) is 17.4. The van der Waals surface area contributed by atoms with Gasteiger partial charge in [0.15, 0.2) is 0 Å². The van der Waals surface area contributed by atoms with Crippen LogP contribution < -0.4 is 16.0 Å². The summed E-state index contributed by atoms with van der Waals surface area (Å²) in [5, 5.41) is 3.39. The molecule has 0 amide bonds. The molecule has 1 aromatic carbocycles. The fourth-order valence-electron chi connectivity index (χ4n) is 3.87. The number of aromatic nitrogens is 1. The Bertz CT molecular complexity index is 810. The molecule has 7 heteroatoms. The molecule has 25 heavy (non-hydrogen) atoms. The third-order valence-corrected chi connectivity index (χ3v) is 6.18. The second kappa shape index (κ2) is 6.38. The van der Waals surface area contributed by atoms with E-state index in [2.05, 4.69) is 15.2 Å². The smallest absolute Gasteiger partial charge is 0.136 e. The van der Waals surface area contributed by atoms with Crippen LogP contribution in [0, 0.1) is 12.7 Å². The van der Waals surface area contributed by atoms with E-state index in [0.717, 1.165) is 50.3 Å². The second-order valence-electron chi connectivity index (χ2n) is 6.63. The van der Waals surface area contributed by atoms with Gasteiger partial charge in [0.05, 0.1) is 22.5 Å². The average Bonchev–Trinajstić information content (AvgIpc) is 3.00. The Labute approximate surface area is 150 Å². The van der Waals surface area contributed by atoms with Crippen LogP contribution >= 0.6 is 11.3 Å². The lowest BCUT2D eigenvalue weighted by molar-refractivity contribution is 0.295. The number of aliphatic imine (C=N–C) groups is 1. The van der Waals surface area contributed by atoms with Crippen molar-refractivity contribution in [2.75, 3.05) is 24.5 Å². The van der Waals surface area contributed by atoms with Crippen molar-refractivity contribution in [2.45, 2.75) is 31.8 Å². The number of benzene rings is 1. The molecule has 2 aromatic rings. The molecular formula is C18H22FN5S. The fourth-order valence-corrected chi connectivity index (χ4v) is 4.64. The molecule has 0 atom stereocenters. The highest BCUT2D eigenvalue weighted by Gasteiger charge is 2.42. The van der Waals surface area contributed by atoms with E-state index in [4.69, 9.17) is 10.7 Å². The van der Waals surface area contributed by atoms with E-state index in [1.165, 1.54) is 10.9 Å². The molecule has 3 N–H and O–H groups in total. The van der Waals surface area contributed by atoms with Crippen LogP contribution in [-0.4, -0.2) is 36.1 Å². The average molecular weight is 359 g/mol. The molecule has 1 spiro atoms. The van der Waals surface area contributed by atoms with Crippen molar-refractivity contribution in [1.82, 2.24) is 10.3 Å². The summed E-state index contributed by atoms with van der Waals surface area (Å²) in [7, 11) is 0. The van der Waals surface area contributed by atoms with Crippen LogP contribution in [0.1, 0.15) is 29.0 Å². The summed E-state index contributed by atoms with van der Waals surface area (Å²) in [6.07, 6.45) is 2.60. The van der Waals surface area contributed by atoms with Gasteiger partial charge in [-0.2, -0.15) is 0 Å². The Kier molecular flexibility index (Phi) is 4.21. The topological polar surface area (TPSA) is 66.5 Å². The first-order valence-electron chi connectivity index (χ1n) is 8.62. The van der Waals surface area contributed by atoms with E-state index in [1.807, 2.05) is 18.5 Å². The SMILES string of the molecule is Cc1ncsc1CCN1c2cccc(F)c2C(N)=NC12CCNCC2. The molecule has 1 saturated heterocycles. The molecule has 0 bridgehead atoms. The quantitative estimate of drug-likeness (QED) is 0.883. The van der Waals surface area contributed by atoms with Crippen molar-refractivity contribution in [1.29, 1.82) is 0 Å². The molecule has 0 unspecified atom stereocenters. The number of anilines is 1. The standard InChI is InChI=1S/C18H22FN5S/c1-12-15(25-11-22-12)5-10-24-14-4-2-3-13(19)16(14)17(20)23-18(24)6-8-21-9-7-18/h2-4,11,21H,5-10H2,1H3,(H2,20,23). The van der Waals surface area contributed by atoms with Crippen LogP contribution in [-0.2, 0) is 6.42 Å². The minimum Gasteiger partial charge on any atom is -0.383 e. The lowest BCUT2D eigenvalue weighted by Crippen LogP contribution is -2.57. The maximum atomic E-state index is 14.4. The summed E-state index contributed by atoms with van der Waals surface area (Å²) in [5.41, 5.74) is 10.1. The van der Waals surface area contributed by atoms with Crippen LogP contribution in [0.15, 0.2) is 28.7 Å². The van der Waals surface area contributed by atoms with Gasteiger partial charge in [0.25, 0.3) is 0 Å². The van der Waals surface area contributed by atoms with E-state index >= 15 is 0 Å². The van der Waals surface area contributed by atoms with Crippen molar-refractivity contribution in [3.8, 4) is 0 Å². The molecule has 2 aliphatic rings. The van der Waals surface area contributed by atoms with E-state index in [0.29, 0.717) is 11.4 Å². The summed E-state index contributed by atoms with van der Waals surface area (Å²) < 4.78 is 14.4. The number of nitrogens with zero attached hydrogens (tertiary/aromatic N) is 3. The largest absolute Gasteiger partial charge is 0.383 e. The van der Waals surface area contributed by atoms with Gasteiger partial charge in [-0.15, -0.1) is 11.3 Å². The van der Waals surface area contributed by atoms with Crippen LogP contribution in [0.25, 0.3) is 0 Å². The Morgan fingerprint density at radius 2 is 2.16 bits per heavy atom. The second-order valence-corrected chi connectivity index (χ2v) is 7.57. The van der Waals surface area contributed by atoms with E-state index in [9.17, 15) is 4.39 Å². The van der Waals surface area contributed by atoms with Crippen molar-refractivity contribution in [3.63, 3.8) is 0 Å². The monoisotopic (exact) mass is 359 g/mol. The zero-order valence-electron chi connectivity index (χ0n) is 14.3. The summed E-state index contributed by atoms with van der Waals surface area (Å²) in [4.78, 5) is 12.7. The molecule has 132 valence electrons. The van der Waals surface area contributed by atoms with Crippen molar-refractivity contribution in [3.05, 3.63) is 45.7 Å². The molecule has 5 nitrogen and oxygen atoms in total. The van der Waals surface area contributed by atoms with Gasteiger partial charge in [0.2, 0.25) is 0 Å². The van der Waals surface area contributed by atoms with E-state index in [1.54, 1.807) is 17.4 Å². The maximum absolute atomic E-state index is 14.4. The lowest BCUT2D eigenvalue weighted by atomic mass is 9.91. The van der Waals surface area contributed by atoms with Gasteiger partial charge in [-0.25, -0.2) is 14.4 Å². The minimum atomic E-state index is -0.380. The van der Waals surface area contributed by atoms with Crippen LogP contribution in [0.5, 0.6) is 0 Å². The fraction of sp³-hybridized carbons (Fsp3) is 0.444. The normalized spacial score (nSPS) is 19.0. The molecule has 1 fully saturated rings. The number of thiazole rings is 1. The number of nitrogens with two attached hydrogens (primary N) is 1. The number of piperidine rings is 1. The minimum absolute atomic E-state index is 0.304. The molecular weight excluding hydrogens is 337 g/mol. The number of hydrogen-bond acceptors (Lipinski definition) is 6. The molecule has 3 heterocycles. The van der Waals surface area contributed by atoms with Crippen LogP contribution in [0.2, 0.25) is 0 Å². The van der Waals surface area contributed by atoms with Gasteiger partial charge >= 0.3 is 0 Å². The number of fused-ring (bicyclic) bond motifs is 1. The van der Waals surface area contributed by atoms with Gasteiger partial charge in [-0.05, 0) is 32.1 Å². The highest BCUT2D eigenvalue weighted by Crippen LogP contribution is 2.39. The van der Waals surface area contributed by atoms with Crippen LogP contribution in [0.4, 0.5) is 10.1 Å².